The summed E-state index contributed by atoms with van der Waals surface area (Å²) in [5.74, 6) is -1.55. The molecule has 27 heavy (non-hydrogen) atoms. The summed E-state index contributed by atoms with van der Waals surface area (Å²) in [6.07, 6.45) is 1.56. The van der Waals surface area contributed by atoms with Gasteiger partial charge < -0.3 is 4.74 Å². The third-order valence-corrected chi connectivity index (χ3v) is 4.37. The lowest BCUT2D eigenvalue weighted by Crippen LogP contribution is -2.30. The Morgan fingerprint density at radius 2 is 1.70 bits per heavy atom. The highest BCUT2D eigenvalue weighted by molar-refractivity contribution is 6.34. The number of pyridine rings is 1. The first-order chi connectivity index (χ1) is 13.0. The molecule has 0 aliphatic carbocycles. The first-order valence-corrected chi connectivity index (χ1v) is 8.43. The molecule has 2 heterocycles. The molecule has 0 N–H and O–H groups in total. The Kier molecular flexibility index (Phi) is 4.33. The standard InChI is InChI=1S/C20H12ClFN2O3/c21-18-8-5-12(10-23-18)11-27-13-6-7-17(16(22)9-13)24-19(25)14-3-1-2-4-15(14)20(24)26/h1-10H,11H2. The van der Waals surface area contributed by atoms with E-state index in [1.807, 2.05) is 0 Å². The minimum Gasteiger partial charge on any atom is -0.489 e. The molecular formula is C20H12ClFN2O3. The highest BCUT2D eigenvalue weighted by Gasteiger charge is 2.37. The van der Waals surface area contributed by atoms with Gasteiger partial charge in [0.25, 0.3) is 11.8 Å². The maximum Gasteiger partial charge on any atom is 0.266 e. The lowest BCUT2D eigenvalue weighted by Gasteiger charge is -2.15. The van der Waals surface area contributed by atoms with Crippen molar-refractivity contribution in [2.45, 2.75) is 6.61 Å². The largest absolute Gasteiger partial charge is 0.489 e. The van der Waals surface area contributed by atoms with Gasteiger partial charge in [-0.25, -0.2) is 14.3 Å². The molecule has 7 heteroatoms. The number of carbonyl (C=O) groups excluding carboxylic acids is 2. The molecule has 0 saturated heterocycles. The third kappa shape index (κ3) is 3.15. The molecule has 1 aliphatic rings. The molecule has 0 saturated carbocycles. The van der Waals surface area contributed by atoms with Crippen LogP contribution in [0.5, 0.6) is 5.75 Å². The fourth-order valence-electron chi connectivity index (χ4n) is 2.83. The zero-order chi connectivity index (χ0) is 19.0. The van der Waals surface area contributed by atoms with E-state index in [1.54, 1.807) is 42.6 Å². The quantitative estimate of drug-likeness (QED) is 0.500. The third-order valence-electron chi connectivity index (χ3n) is 4.15. The number of nitrogens with zero attached hydrogens (tertiary/aromatic N) is 2. The summed E-state index contributed by atoms with van der Waals surface area (Å²) in [6.45, 7) is 0.177. The zero-order valence-electron chi connectivity index (χ0n) is 13.9. The first kappa shape index (κ1) is 17.2. The van der Waals surface area contributed by atoms with Crippen LogP contribution in [0.25, 0.3) is 0 Å². The van der Waals surface area contributed by atoms with Gasteiger partial charge in [-0.1, -0.05) is 29.8 Å². The van der Waals surface area contributed by atoms with Crippen molar-refractivity contribution >= 4 is 29.1 Å². The number of hydrogen-bond acceptors (Lipinski definition) is 4. The summed E-state index contributed by atoms with van der Waals surface area (Å²) in [7, 11) is 0. The van der Waals surface area contributed by atoms with Crippen molar-refractivity contribution in [3.8, 4) is 5.75 Å². The molecule has 134 valence electrons. The topological polar surface area (TPSA) is 59.5 Å². The van der Waals surface area contributed by atoms with Crippen LogP contribution in [0.1, 0.15) is 26.3 Å². The number of halogens is 2. The van der Waals surface area contributed by atoms with Crippen LogP contribution in [-0.4, -0.2) is 16.8 Å². The summed E-state index contributed by atoms with van der Waals surface area (Å²) < 4.78 is 20.1. The summed E-state index contributed by atoms with van der Waals surface area (Å²) in [4.78, 5) is 29.7. The van der Waals surface area contributed by atoms with E-state index < -0.39 is 17.6 Å². The van der Waals surface area contributed by atoms with Crippen LogP contribution in [0, 0.1) is 5.82 Å². The van der Waals surface area contributed by atoms with Crippen molar-refractivity contribution in [2.75, 3.05) is 4.90 Å². The van der Waals surface area contributed by atoms with E-state index in [0.29, 0.717) is 5.15 Å². The van der Waals surface area contributed by atoms with Crippen molar-refractivity contribution in [1.29, 1.82) is 0 Å². The number of anilines is 1. The molecule has 0 unspecified atom stereocenters. The molecule has 3 aromatic rings. The van der Waals surface area contributed by atoms with Gasteiger partial charge in [-0.15, -0.1) is 0 Å². The predicted molar refractivity (Wildman–Crippen MR) is 97.6 cm³/mol. The van der Waals surface area contributed by atoms with Crippen molar-refractivity contribution < 1.29 is 18.7 Å². The molecule has 0 bridgehead atoms. The molecule has 1 aliphatic heterocycles. The Bertz CT molecular complexity index is 1020. The van der Waals surface area contributed by atoms with Gasteiger partial charge in [-0.2, -0.15) is 0 Å². The SMILES string of the molecule is O=C1c2ccccc2C(=O)N1c1ccc(OCc2ccc(Cl)nc2)cc1F. The van der Waals surface area contributed by atoms with Crippen molar-refractivity contribution in [2.24, 2.45) is 0 Å². The van der Waals surface area contributed by atoms with Gasteiger partial charge in [-0.05, 0) is 30.3 Å². The summed E-state index contributed by atoms with van der Waals surface area (Å²) in [5.41, 5.74) is 1.18. The Balaban J connectivity index is 1.55. The van der Waals surface area contributed by atoms with E-state index in [9.17, 15) is 14.0 Å². The average Bonchev–Trinajstić information content (AvgIpc) is 2.93. The number of fused-ring (bicyclic) bond motifs is 1. The van der Waals surface area contributed by atoms with Crippen LogP contribution in [0.15, 0.2) is 60.8 Å². The number of carbonyl (C=O) groups is 2. The van der Waals surface area contributed by atoms with Gasteiger partial charge in [0.05, 0.1) is 16.8 Å². The van der Waals surface area contributed by atoms with Crippen molar-refractivity contribution in [3.63, 3.8) is 0 Å². The first-order valence-electron chi connectivity index (χ1n) is 8.05. The number of aromatic nitrogens is 1. The molecule has 0 fully saturated rings. The average molecular weight is 383 g/mol. The number of ether oxygens (including phenoxy) is 1. The van der Waals surface area contributed by atoms with Gasteiger partial charge in [0.2, 0.25) is 0 Å². The fraction of sp³-hybridized carbons (Fsp3) is 0.0500. The highest BCUT2D eigenvalue weighted by Crippen LogP contribution is 2.32. The van der Waals surface area contributed by atoms with Crippen LogP contribution in [0.3, 0.4) is 0 Å². The number of amides is 2. The molecular weight excluding hydrogens is 371 g/mol. The summed E-state index contributed by atoms with van der Waals surface area (Å²) in [6, 6.07) is 13.8. The Morgan fingerprint density at radius 3 is 2.30 bits per heavy atom. The van der Waals surface area contributed by atoms with E-state index in [-0.39, 0.29) is 29.2 Å². The van der Waals surface area contributed by atoms with E-state index in [1.165, 1.54) is 12.1 Å². The molecule has 0 spiro atoms. The van der Waals surface area contributed by atoms with Crippen LogP contribution >= 0.6 is 11.6 Å². The molecule has 5 nitrogen and oxygen atoms in total. The summed E-state index contributed by atoms with van der Waals surface area (Å²) >= 11 is 5.73. The minimum atomic E-state index is -0.726. The van der Waals surface area contributed by atoms with Crippen LogP contribution in [0.2, 0.25) is 5.15 Å². The van der Waals surface area contributed by atoms with Crippen LogP contribution in [0.4, 0.5) is 10.1 Å². The smallest absolute Gasteiger partial charge is 0.266 e. The number of imide groups is 1. The Labute approximate surface area is 159 Å². The van der Waals surface area contributed by atoms with Crippen LogP contribution in [-0.2, 0) is 6.61 Å². The zero-order valence-corrected chi connectivity index (χ0v) is 14.6. The second-order valence-corrected chi connectivity index (χ2v) is 6.27. The highest BCUT2D eigenvalue weighted by atomic mass is 35.5. The molecule has 0 radical (unpaired) electrons. The minimum absolute atomic E-state index is 0.110. The summed E-state index contributed by atoms with van der Waals surface area (Å²) in [5, 5.41) is 0.370. The second kappa shape index (κ2) is 6.81. The molecule has 2 aromatic carbocycles. The monoisotopic (exact) mass is 382 g/mol. The Morgan fingerprint density at radius 1 is 1.00 bits per heavy atom. The van der Waals surface area contributed by atoms with Gasteiger partial charge in [-0.3, -0.25) is 9.59 Å². The molecule has 0 atom stereocenters. The molecule has 4 rings (SSSR count). The predicted octanol–water partition coefficient (Wildman–Crippen LogP) is 4.25. The number of benzene rings is 2. The van der Waals surface area contributed by atoms with Crippen LogP contribution < -0.4 is 9.64 Å². The maximum absolute atomic E-state index is 14.6. The van der Waals surface area contributed by atoms with Gasteiger partial charge >= 0.3 is 0 Å². The van der Waals surface area contributed by atoms with E-state index >= 15 is 0 Å². The number of hydrogen-bond donors (Lipinski definition) is 0. The van der Waals surface area contributed by atoms with E-state index in [4.69, 9.17) is 16.3 Å². The lowest BCUT2D eigenvalue weighted by atomic mass is 10.1. The molecule has 2 amide bonds. The van der Waals surface area contributed by atoms with E-state index in [2.05, 4.69) is 4.98 Å². The normalized spacial score (nSPS) is 13.0. The fourth-order valence-corrected chi connectivity index (χ4v) is 2.94. The van der Waals surface area contributed by atoms with E-state index in [0.717, 1.165) is 16.5 Å². The van der Waals surface area contributed by atoms with Gasteiger partial charge in [0, 0.05) is 17.8 Å². The number of rotatable bonds is 4. The van der Waals surface area contributed by atoms with Crippen molar-refractivity contribution in [1.82, 2.24) is 4.98 Å². The molecule has 1 aromatic heterocycles. The van der Waals surface area contributed by atoms with Crippen molar-refractivity contribution in [3.05, 3.63) is 88.5 Å². The lowest BCUT2D eigenvalue weighted by molar-refractivity contribution is 0.0924. The van der Waals surface area contributed by atoms with Gasteiger partial charge in [0.1, 0.15) is 17.5 Å². The maximum atomic E-state index is 14.6. The van der Waals surface area contributed by atoms with Gasteiger partial charge in [0.15, 0.2) is 5.82 Å². The second-order valence-electron chi connectivity index (χ2n) is 5.88. The Hall–Kier alpha value is -3.25.